The Labute approximate surface area is 175 Å². The molecule has 0 rings (SSSR count). The first-order valence-corrected chi connectivity index (χ1v) is 12.5. The van der Waals surface area contributed by atoms with E-state index in [1.807, 2.05) is 13.8 Å². The highest BCUT2D eigenvalue weighted by Crippen LogP contribution is 2.50. The maximum absolute atomic E-state index is 12.6. The Morgan fingerprint density at radius 3 is 1.59 bits per heavy atom. The predicted molar refractivity (Wildman–Crippen MR) is 108 cm³/mol. The highest BCUT2D eigenvalue weighted by Gasteiger charge is 2.31. The normalized spacial score (nSPS) is 21.6. The first-order valence-electron chi connectivity index (χ1n) is 6.41. The van der Waals surface area contributed by atoms with E-state index in [0.29, 0.717) is 0 Å². The van der Waals surface area contributed by atoms with E-state index < -0.39 is 13.2 Å². The lowest BCUT2D eigenvalue weighted by Gasteiger charge is -2.22. The molecule has 134 valence electrons. The molecule has 0 aromatic carbocycles. The minimum absolute atomic E-state index is 0.0179. The van der Waals surface area contributed by atoms with Gasteiger partial charge in [-0.05, 0) is 0 Å². The molecule has 4 nitrogen and oxygen atoms in total. The minimum atomic E-state index is -3.72. The zero-order chi connectivity index (χ0) is 17.3. The average Bonchev–Trinajstić information content (AvgIpc) is 2.47. The fourth-order valence-electron chi connectivity index (χ4n) is 0.919. The monoisotopic (exact) mass is 632 g/mol. The van der Waals surface area contributed by atoms with Crippen LogP contribution in [0.2, 0.25) is 0 Å². The molecule has 0 saturated carbocycles. The molecular weight excluding hydrogens is 618 g/mol. The van der Waals surface area contributed by atoms with Crippen molar-refractivity contribution in [3.8, 4) is 0 Å². The van der Waals surface area contributed by atoms with Crippen LogP contribution in [0.1, 0.15) is 13.8 Å². The molecule has 22 heavy (non-hydrogen) atoms. The van der Waals surface area contributed by atoms with Gasteiger partial charge in [-0.2, -0.15) is 0 Å². The third-order valence-corrected chi connectivity index (χ3v) is 9.38. The van der Waals surface area contributed by atoms with Crippen molar-refractivity contribution in [3.05, 3.63) is 0 Å². The third-order valence-electron chi connectivity index (χ3n) is 2.36. The quantitative estimate of drug-likeness (QED) is 0.192. The molecule has 0 fully saturated rings. The molecule has 0 bridgehead atoms. The van der Waals surface area contributed by atoms with Crippen molar-refractivity contribution >= 4 is 94.7 Å². The van der Waals surface area contributed by atoms with Gasteiger partial charge in [0.05, 0.1) is 34.9 Å². The van der Waals surface area contributed by atoms with Gasteiger partial charge >= 0.3 is 7.82 Å². The number of phosphoric ester groups is 1. The van der Waals surface area contributed by atoms with Crippen LogP contribution in [0.5, 0.6) is 0 Å². The summed E-state index contributed by atoms with van der Waals surface area (Å²) >= 11 is 25.2. The van der Waals surface area contributed by atoms with Gasteiger partial charge < -0.3 is 0 Å². The SMILES string of the molecule is CC(Br)C(Br)COP(=O)(OCC(Cl)CCl)OCC(Br)C(C)Br. The molecule has 0 aliphatic rings. The molecule has 5 atom stereocenters. The highest BCUT2D eigenvalue weighted by atomic mass is 79.9. The topological polar surface area (TPSA) is 44.8 Å². The lowest BCUT2D eigenvalue weighted by molar-refractivity contribution is 0.115. The van der Waals surface area contributed by atoms with Gasteiger partial charge in [-0.1, -0.05) is 77.6 Å². The summed E-state index contributed by atoms with van der Waals surface area (Å²) in [5.74, 6) is 0.181. The number of phosphoric acid groups is 1. The average molecular weight is 637 g/mol. The zero-order valence-corrected chi connectivity index (χ0v) is 20.8. The molecule has 0 aromatic rings. The molecule has 0 spiro atoms. The first-order chi connectivity index (χ1) is 10.1. The maximum Gasteiger partial charge on any atom is 0.474 e. The Hall–Kier alpha value is 2.61. The molecule has 0 radical (unpaired) electrons. The Bertz CT molecular complexity index is 330. The van der Waals surface area contributed by atoms with Gasteiger partial charge in [-0.15, -0.1) is 23.2 Å². The maximum atomic E-state index is 12.6. The fraction of sp³-hybridized carbons (Fsp3) is 1.00. The van der Waals surface area contributed by atoms with Crippen molar-refractivity contribution in [2.45, 2.75) is 38.5 Å². The fourth-order valence-corrected chi connectivity index (χ4v) is 3.41. The van der Waals surface area contributed by atoms with E-state index in [0.717, 1.165) is 0 Å². The van der Waals surface area contributed by atoms with Crippen molar-refractivity contribution in [1.82, 2.24) is 0 Å². The molecule has 0 aliphatic heterocycles. The lowest BCUT2D eigenvalue weighted by Crippen LogP contribution is -2.21. The van der Waals surface area contributed by atoms with Crippen molar-refractivity contribution in [3.63, 3.8) is 0 Å². The molecule has 11 heteroatoms. The molecular formula is C11H19Br4Cl2O4P. The predicted octanol–water partition coefficient (Wildman–Crippen LogP) is 6.08. The number of halogens is 6. The third kappa shape index (κ3) is 11.3. The van der Waals surface area contributed by atoms with Gasteiger partial charge in [0.25, 0.3) is 0 Å². The standard InChI is InChI=1S/C11H19Br4Cl2O4P/c1-7(12)10(14)5-20-22(18,19-4-9(17)3-16)21-6-11(15)8(2)13/h7-11H,3-6H2,1-2H3. The Balaban J connectivity index is 4.63. The lowest BCUT2D eigenvalue weighted by atomic mass is 10.4. The van der Waals surface area contributed by atoms with Crippen LogP contribution >= 0.6 is 94.7 Å². The van der Waals surface area contributed by atoms with E-state index in [4.69, 9.17) is 36.8 Å². The van der Waals surface area contributed by atoms with Crippen LogP contribution in [-0.2, 0) is 18.1 Å². The van der Waals surface area contributed by atoms with Crippen LogP contribution in [0.4, 0.5) is 0 Å². The Kier molecular flexibility index (Phi) is 14.4. The van der Waals surface area contributed by atoms with Crippen LogP contribution in [-0.4, -0.2) is 50.4 Å². The van der Waals surface area contributed by atoms with Crippen LogP contribution in [0.25, 0.3) is 0 Å². The summed E-state index contributed by atoms with van der Waals surface area (Å²) in [6, 6.07) is 0. The van der Waals surface area contributed by atoms with E-state index >= 15 is 0 Å². The second kappa shape index (κ2) is 12.9. The van der Waals surface area contributed by atoms with E-state index in [2.05, 4.69) is 63.7 Å². The van der Waals surface area contributed by atoms with Crippen molar-refractivity contribution in [2.75, 3.05) is 25.7 Å². The van der Waals surface area contributed by atoms with Crippen LogP contribution in [0, 0.1) is 0 Å². The zero-order valence-electron chi connectivity index (χ0n) is 12.1. The summed E-state index contributed by atoms with van der Waals surface area (Å²) in [6.45, 7) is 4.19. The van der Waals surface area contributed by atoms with Crippen molar-refractivity contribution < 1.29 is 18.1 Å². The molecule has 0 aromatic heterocycles. The van der Waals surface area contributed by atoms with Crippen LogP contribution in [0.3, 0.4) is 0 Å². The smallest absolute Gasteiger partial charge is 0.286 e. The molecule has 0 saturated heterocycles. The second-order valence-electron chi connectivity index (χ2n) is 4.47. The number of rotatable bonds is 12. The number of hydrogen-bond donors (Lipinski definition) is 0. The van der Waals surface area contributed by atoms with Crippen molar-refractivity contribution in [1.29, 1.82) is 0 Å². The van der Waals surface area contributed by atoms with E-state index in [-0.39, 0.29) is 45.0 Å². The van der Waals surface area contributed by atoms with Gasteiger partial charge in [0.1, 0.15) is 0 Å². The Morgan fingerprint density at radius 2 is 1.27 bits per heavy atom. The van der Waals surface area contributed by atoms with E-state index in [1.165, 1.54) is 0 Å². The van der Waals surface area contributed by atoms with Gasteiger partial charge in [0, 0.05) is 15.5 Å². The summed E-state index contributed by atoms with van der Waals surface area (Å²) in [7, 11) is -3.72. The van der Waals surface area contributed by atoms with Gasteiger partial charge in [0.2, 0.25) is 0 Å². The summed E-state index contributed by atoms with van der Waals surface area (Å²) in [6.07, 6.45) is 0. The van der Waals surface area contributed by atoms with E-state index in [1.54, 1.807) is 0 Å². The molecule has 0 aliphatic carbocycles. The van der Waals surface area contributed by atoms with Crippen LogP contribution in [0.15, 0.2) is 0 Å². The van der Waals surface area contributed by atoms with Gasteiger partial charge in [-0.3, -0.25) is 13.6 Å². The second-order valence-corrected chi connectivity index (χ2v) is 12.3. The summed E-state index contributed by atoms with van der Waals surface area (Å²) in [5, 5.41) is -0.466. The molecule has 5 unspecified atom stereocenters. The highest BCUT2D eigenvalue weighted by molar-refractivity contribution is 9.12. The van der Waals surface area contributed by atoms with Crippen molar-refractivity contribution in [2.24, 2.45) is 0 Å². The largest absolute Gasteiger partial charge is 0.474 e. The molecule has 0 N–H and O–H groups in total. The minimum Gasteiger partial charge on any atom is -0.286 e. The molecule has 0 amide bonds. The molecule has 0 heterocycles. The van der Waals surface area contributed by atoms with Gasteiger partial charge in [0.15, 0.2) is 0 Å². The summed E-state index contributed by atoms with van der Waals surface area (Å²) in [5.41, 5.74) is 0. The first kappa shape index (κ1) is 24.6. The number of alkyl halides is 6. The summed E-state index contributed by atoms with van der Waals surface area (Å²) in [4.78, 5) is 0.192. The summed E-state index contributed by atoms with van der Waals surface area (Å²) < 4.78 is 28.7. The van der Waals surface area contributed by atoms with E-state index in [9.17, 15) is 4.57 Å². The number of hydrogen-bond acceptors (Lipinski definition) is 4. The van der Waals surface area contributed by atoms with Gasteiger partial charge in [-0.25, -0.2) is 4.57 Å². The van der Waals surface area contributed by atoms with Crippen LogP contribution < -0.4 is 0 Å². The Morgan fingerprint density at radius 1 is 0.909 bits per heavy atom.